The number of amides is 1. The van der Waals surface area contributed by atoms with Crippen LogP contribution in [0.5, 0.6) is 0 Å². The van der Waals surface area contributed by atoms with Crippen LogP contribution in [0.3, 0.4) is 0 Å². The molecule has 3 rings (SSSR count). The molecule has 1 aromatic carbocycles. The predicted molar refractivity (Wildman–Crippen MR) is 84.0 cm³/mol. The molecule has 0 fully saturated rings. The van der Waals surface area contributed by atoms with Gasteiger partial charge in [-0.25, -0.2) is 27.1 Å². The van der Waals surface area contributed by atoms with Gasteiger partial charge in [0, 0.05) is 12.1 Å². The number of carbonyl (C=O) groups is 1. The van der Waals surface area contributed by atoms with E-state index in [1.807, 2.05) is 0 Å². The number of fused-ring (bicyclic) bond motifs is 1. The number of nitrogens with one attached hydrogen (secondary N) is 1. The van der Waals surface area contributed by atoms with E-state index in [-0.39, 0.29) is 17.0 Å². The van der Waals surface area contributed by atoms with Crippen molar-refractivity contribution in [1.82, 2.24) is 14.6 Å². The lowest BCUT2D eigenvalue weighted by molar-refractivity contribution is -0.383. The second kappa shape index (κ2) is 6.97. The third kappa shape index (κ3) is 3.54. The van der Waals surface area contributed by atoms with Gasteiger partial charge >= 0.3 is 0 Å². The number of para-hydroxylation sites is 2. The number of rotatable bonds is 5. The first-order chi connectivity index (χ1) is 12.8. The van der Waals surface area contributed by atoms with E-state index in [2.05, 4.69) is 15.4 Å². The van der Waals surface area contributed by atoms with Crippen LogP contribution in [0.25, 0.3) is 5.65 Å². The number of nitro groups is 1. The average Bonchev–Trinajstić information content (AvgIpc) is 3.05. The maximum Gasteiger partial charge on any atom is 0.292 e. The zero-order valence-electron chi connectivity index (χ0n) is 13.1. The summed E-state index contributed by atoms with van der Waals surface area (Å²) in [6, 6.07) is 6.69. The molecule has 0 atom stereocenters. The Kier molecular flexibility index (Phi) is 4.71. The largest absolute Gasteiger partial charge is 0.315 e. The van der Waals surface area contributed by atoms with Crippen molar-refractivity contribution in [2.75, 3.05) is 5.32 Å². The number of aromatic nitrogens is 3. The van der Waals surface area contributed by atoms with Crippen LogP contribution in [0.4, 0.5) is 28.9 Å². The minimum atomic E-state index is -3.14. The van der Waals surface area contributed by atoms with Gasteiger partial charge in [0.25, 0.3) is 24.4 Å². The molecule has 0 saturated carbocycles. The Hall–Kier alpha value is -3.57. The molecule has 8 nitrogen and oxygen atoms in total. The molecule has 0 aliphatic rings. The highest BCUT2D eigenvalue weighted by atomic mass is 19.3. The van der Waals surface area contributed by atoms with Gasteiger partial charge in [0.05, 0.1) is 4.92 Å². The number of halogens is 4. The summed E-state index contributed by atoms with van der Waals surface area (Å²) in [5, 5.41) is 16.9. The van der Waals surface area contributed by atoms with Crippen LogP contribution in [0, 0.1) is 10.1 Å². The molecule has 3 aromatic rings. The van der Waals surface area contributed by atoms with Crippen LogP contribution in [0.1, 0.15) is 34.7 Å². The molecular weight excluding hydrogens is 374 g/mol. The van der Waals surface area contributed by atoms with Crippen molar-refractivity contribution < 1.29 is 27.3 Å². The van der Waals surface area contributed by atoms with Crippen LogP contribution in [-0.2, 0) is 0 Å². The highest BCUT2D eigenvalue weighted by Gasteiger charge is 2.23. The fourth-order valence-corrected chi connectivity index (χ4v) is 2.32. The van der Waals surface area contributed by atoms with Gasteiger partial charge in [-0.1, -0.05) is 12.1 Å². The molecule has 27 heavy (non-hydrogen) atoms. The Labute approximate surface area is 147 Å². The van der Waals surface area contributed by atoms with Crippen molar-refractivity contribution in [2.24, 2.45) is 0 Å². The summed E-state index contributed by atoms with van der Waals surface area (Å²) in [6.07, 6.45) is -6.23. The monoisotopic (exact) mass is 383 g/mol. The van der Waals surface area contributed by atoms with E-state index in [0.29, 0.717) is 10.6 Å². The van der Waals surface area contributed by atoms with Crippen LogP contribution in [0.15, 0.2) is 36.4 Å². The molecular formula is C15H9F4N5O3. The van der Waals surface area contributed by atoms with E-state index in [0.717, 1.165) is 12.1 Å². The molecule has 0 spiro atoms. The normalized spacial score (nSPS) is 11.3. The Morgan fingerprint density at radius 1 is 1.15 bits per heavy atom. The van der Waals surface area contributed by atoms with Gasteiger partial charge in [-0.2, -0.15) is 5.10 Å². The molecule has 1 amide bonds. The maximum atomic E-state index is 13.1. The summed E-state index contributed by atoms with van der Waals surface area (Å²) < 4.78 is 52.5. The lowest BCUT2D eigenvalue weighted by Crippen LogP contribution is -2.14. The first-order valence-electron chi connectivity index (χ1n) is 7.29. The van der Waals surface area contributed by atoms with Gasteiger partial charge in [0.2, 0.25) is 0 Å². The maximum absolute atomic E-state index is 13.1. The molecule has 0 saturated heterocycles. The molecule has 0 unspecified atom stereocenters. The molecule has 0 aliphatic heterocycles. The Morgan fingerprint density at radius 2 is 1.85 bits per heavy atom. The summed E-state index contributed by atoms with van der Waals surface area (Å²) in [6.45, 7) is 0. The Balaban J connectivity index is 2.01. The topological polar surface area (TPSA) is 102 Å². The fourth-order valence-electron chi connectivity index (χ4n) is 2.32. The zero-order valence-corrected chi connectivity index (χ0v) is 13.1. The second-order valence-corrected chi connectivity index (χ2v) is 5.24. The summed E-state index contributed by atoms with van der Waals surface area (Å²) in [5.41, 5.74) is -3.07. The van der Waals surface area contributed by atoms with E-state index in [9.17, 15) is 32.5 Å². The molecule has 2 aromatic heterocycles. The minimum absolute atomic E-state index is 0.139. The average molecular weight is 383 g/mol. The first kappa shape index (κ1) is 18.2. The number of nitrogens with zero attached hydrogens (tertiary/aromatic N) is 4. The standard InChI is InChI=1S/C15H9F4N5O3/c16-13(17)8-5-11(14(18)19)23-12(20-8)6-9(22-23)15(25)21-7-3-1-2-4-10(7)24(26)27/h1-6,13-14H,(H,21,25). The zero-order chi connectivity index (χ0) is 19.7. The van der Waals surface area contributed by atoms with Gasteiger partial charge in [-0.05, 0) is 12.1 Å². The lowest BCUT2D eigenvalue weighted by Gasteiger charge is -2.06. The van der Waals surface area contributed by atoms with Crippen molar-refractivity contribution in [3.63, 3.8) is 0 Å². The fraction of sp³-hybridized carbons (Fsp3) is 0.133. The van der Waals surface area contributed by atoms with Crippen LogP contribution < -0.4 is 5.32 Å². The molecule has 0 bridgehead atoms. The summed E-state index contributed by atoms with van der Waals surface area (Å²) in [4.78, 5) is 26.0. The van der Waals surface area contributed by atoms with Crippen molar-refractivity contribution >= 4 is 22.9 Å². The molecule has 0 radical (unpaired) electrons. The van der Waals surface area contributed by atoms with Crippen LogP contribution >= 0.6 is 0 Å². The van der Waals surface area contributed by atoms with Gasteiger partial charge in [0.15, 0.2) is 11.3 Å². The number of anilines is 1. The summed E-state index contributed by atoms with van der Waals surface area (Å²) >= 11 is 0. The smallest absolute Gasteiger partial charge is 0.292 e. The van der Waals surface area contributed by atoms with Crippen LogP contribution in [-0.4, -0.2) is 25.4 Å². The number of nitro benzene ring substituents is 1. The summed E-state index contributed by atoms with van der Waals surface area (Å²) in [7, 11) is 0. The highest BCUT2D eigenvalue weighted by molar-refractivity contribution is 6.04. The van der Waals surface area contributed by atoms with E-state index in [1.54, 1.807) is 0 Å². The van der Waals surface area contributed by atoms with Crippen LogP contribution in [0.2, 0.25) is 0 Å². The summed E-state index contributed by atoms with van der Waals surface area (Å²) in [5.74, 6) is -0.950. The third-order valence-electron chi connectivity index (χ3n) is 3.50. The number of benzene rings is 1. The molecule has 140 valence electrons. The van der Waals surface area contributed by atoms with E-state index in [4.69, 9.17) is 0 Å². The van der Waals surface area contributed by atoms with Gasteiger partial charge < -0.3 is 5.32 Å². The van der Waals surface area contributed by atoms with Gasteiger partial charge in [-0.15, -0.1) is 0 Å². The first-order valence-corrected chi connectivity index (χ1v) is 7.29. The molecule has 0 aliphatic carbocycles. The number of alkyl halides is 4. The molecule has 2 heterocycles. The number of carbonyl (C=O) groups excluding carboxylic acids is 1. The van der Waals surface area contributed by atoms with E-state index in [1.165, 1.54) is 18.2 Å². The Bertz CT molecular complexity index is 1040. The van der Waals surface area contributed by atoms with E-state index < -0.39 is 40.8 Å². The van der Waals surface area contributed by atoms with Crippen molar-refractivity contribution in [3.8, 4) is 0 Å². The molecule has 1 N–H and O–H groups in total. The highest BCUT2D eigenvalue weighted by Crippen LogP contribution is 2.26. The predicted octanol–water partition coefficient (Wildman–Crippen LogP) is 3.77. The number of hydrogen-bond acceptors (Lipinski definition) is 5. The quantitative estimate of drug-likeness (QED) is 0.411. The SMILES string of the molecule is O=C(Nc1ccccc1[N+](=O)[O-])c1cc2nc(C(F)F)cc(C(F)F)n2n1. The molecule has 12 heteroatoms. The second-order valence-electron chi connectivity index (χ2n) is 5.24. The lowest BCUT2D eigenvalue weighted by atomic mass is 10.2. The van der Waals surface area contributed by atoms with Crippen molar-refractivity contribution in [2.45, 2.75) is 12.9 Å². The Morgan fingerprint density at radius 3 is 2.48 bits per heavy atom. The van der Waals surface area contributed by atoms with Crippen molar-refractivity contribution in [3.05, 3.63) is 63.6 Å². The number of hydrogen-bond donors (Lipinski definition) is 1. The van der Waals surface area contributed by atoms with Gasteiger partial charge in [0.1, 0.15) is 17.1 Å². The van der Waals surface area contributed by atoms with Crippen molar-refractivity contribution in [1.29, 1.82) is 0 Å². The third-order valence-corrected chi connectivity index (χ3v) is 3.50. The van der Waals surface area contributed by atoms with E-state index >= 15 is 0 Å². The van der Waals surface area contributed by atoms with Gasteiger partial charge in [-0.3, -0.25) is 14.9 Å². The minimum Gasteiger partial charge on any atom is -0.315 e.